The van der Waals surface area contributed by atoms with Crippen LogP contribution in [0, 0.1) is 26.7 Å². The summed E-state index contributed by atoms with van der Waals surface area (Å²) in [6.45, 7) is 9.92. The molecule has 0 aliphatic carbocycles. The van der Waals surface area contributed by atoms with Gasteiger partial charge in [0.15, 0.2) is 6.61 Å². The number of esters is 1. The highest BCUT2D eigenvalue weighted by Crippen LogP contribution is 2.33. The molecule has 4 rings (SSSR count). The van der Waals surface area contributed by atoms with Crippen LogP contribution in [0.1, 0.15) is 48.4 Å². The molecule has 1 aliphatic heterocycles. The van der Waals surface area contributed by atoms with E-state index < -0.39 is 24.4 Å². The molecule has 0 unspecified atom stereocenters. The first-order chi connectivity index (χ1) is 18.5. The average Bonchev–Trinajstić information content (AvgIpc) is 3.27. The standard InChI is InChI=1S/C31H33BrN2O5/c1-18(2)26-11-6-19(3)12-27(26)39-25-9-7-24(8-10-25)34-16-22(15-29(34)36)31(37)38-17-28(35)33-23-13-20(4)30(32)21(5)14-23/h6-14,18,22H,15-17H2,1-5H3,(H,33,35)/t22-/m1/s1. The molecule has 0 saturated carbocycles. The molecule has 1 atom stereocenters. The molecule has 1 aliphatic rings. The van der Waals surface area contributed by atoms with Gasteiger partial charge in [-0.15, -0.1) is 0 Å². The Morgan fingerprint density at radius 3 is 2.33 bits per heavy atom. The number of ether oxygens (including phenoxy) is 2. The number of carbonyl (C=O) groups is 3. The molecule has 2 amide bonds. The number of nitrogens with zero attached hydrogens (tertiary/aromatic N) is 1. The van der Waals surface area contributed by atoms with Gasteiger partial charge in [-0.25, -0.2) is 0 Å². The molecule has 7 nitrogen and oxygen atoms in total. The lowest BCUT2D eigenvalue weighted by molar-refractivity contribution is -0.151. The van der Waals surface area contributed by atoms with E-state index in [9.17, 15) is 14.4 Å². The minimum Gasteiger partial charge on any atom is -0.457 e. The number of hydrogen-bond acceptors (Lipinski definition) is 5. The normalized spacial score (nSPS) is 15.0. The fourth-order valence-electron chi connectivity index (χ4n) is 4.61. The van der Waals surface area contributed by atoms with Crippen molar-refractivity contribution in [2.45, 2.75) is 47.0 Å². The summed E-state index contributed by atoms with van der Waals surface area (Å²) in [4.78, 5) is 39.2. The SMILES string of the molecule is Cc1ccc(C(C)C)c(Oc2ccc(N3C[C@H](C(=O)OCC(=O)Nc4cc(C)c(Br)c(C)c4)CC3=O)cc2)c1. The number of hydrogen-bond donors (Lipinski definition) is 1. The van der Waals surface area contributed by atoms with Crippen LogP contribution in [0.25, 0.3) is 0 Å². The van der Waals surface area contributed by atoms with Crippen molar-refractivity contribution in [2.24, 2.45) is 5.92 Å². The molecule has 3 aromatic carbocycles. The van der Waals surface area contributed by atoms with Gasteiger partial charge in [0, 0.05) is 28.8 Å². The Labute approximate surface area is 237 Å². The molecule has 204 valence electrons. The van der Waals surface area contributed by atoms with Gasteiger partial charge in [0.2, 0.25) is 5.91 Å². The first kappa shape index (κ1) is 28.4. The average molecular weight is 594 g/mol. The Kier molecular flexibility index (Phi) is 8.75. The second-order valence-corrected chi connectivity index (χ2v) is 11.1. The van der Waals surface area contributed by atoms with Crippen molar-refractivity contribution >= 4 is 45.1 Å². The maximum Gasteiger partial charge on any atom is 0.311 e. The maximum absolute atomic E-state index is 12.7. The van der Waals surface area contributed by atoms with E-state index in [1.165, 1.54) is 0 Å². The van der Waals surface area contributed by atoms with Gasteiger partial charge < -0.3 is 19.7 Å². The predicted molar refractivity (Wildman–Crippen MR) is 155 cm³/mol. The van der Waals surface area contributed by atoms with Gasteiger partial charge in [-0.2, -0.15) is 0 Å². The van der Waals surface area contributed by atoms with Crippen LogP contribution in [-0.2, 0) is 19.1 Å². The number of aryl methyl sites for hydroxylation is 3. The minimum absolute atomic E-state index is 0.0326. The van der Waals surface area contributed by atoms with Crippen LogP contribution in [-0.4, -0.2) is 30.9 Å². The molecule has 1 saturated heterocycles. The summed E-state index contributed by atoms with van der Waals surface area (Å²) in [7, 11) is 0. The smallest absolute Gasteiger partial charge is 0.311 e. The zero-order valence-electron chi connectivity index (χ0n) is 22.8. The lowest BCUT2D eigenvalue weighted by Crippen LogP contribution is -2.28. The number of nitrogens with one attached hydrogen (secondary N) is 1. The van der Waals surface area contributed by atoms with E-state index in [0.29, 0.717) is 23.0 Å². The molecule has 3 aromatic rings. The Bertz CT molecular complexity index is 1380. The number of rotatable bonds is 8. The van der Waals surface area contributed by atoms with Crippen LogP contribution in [0.4, 0.5) is 11.4 Å². The number of anilines is 2. The molecule has 0 aromatic heterocycles. The second-order valence-electron chi connectivity index (χ2n) is 10.3. The second kappa shape index (κ2) is 12.0. The van der Waals surface area contributed by atoms with E-state index in [2.05, 4.69) is 47.2 Å². The number of amides is 2. The van der Waals surface area contributed by atoms with Gasteiger partial charge in [-0.3, -0.25) is 14.4 Å². The molecule has 1 heterocycles. The lowest BCUT2D eigenvalue weighted by atomic mass is 10.0. The Morgan fingerprint density at radius 1 is 1.03 bits per heavy atom. The van der Waals surface area contributed by atoms with Crippen molar-refractivity contribution in [1.82, 2.24) is 0 Å². The lowest BCUT2D eigenvalue weighted by Gasteiger charge is -2.18. The molecular weight excluding hydrogens is 560 g/mol. The van der Waals surface area contributed by atoms with Gasteiger partial charge >= 0.3 is 5.97 Å². The summed E-state index contributed by atoms with van der Waals surface area (Å²) in [5.41, 5.74) is 5.52. The zero-order chi connectivity index (χ0) is 28.3. The van der Waals surface area contributed by atoms with E-state index in [0.717, 1.165) is 32.5 Å². The van der Waals surface area contributed by atoms with Crippen molar-refractivity contribution in [2.75, 3.05) is 23.4 Å². The number of benzene rings is 3. The fraction of sp³-hybridized carbons (Fsp3) is 0.323. The summed E-state index contributed by atoms with van der Waals surface area (Å²) in [6.07, 6.45) is 0.0326. The fourth-order valence-corrected chi connectivity index (χ4v) is 4.84. The summed E-state index contributed by atoms with van der Waals surface area (Å²) < 4.78 is 12.4. The van der Waals surface area contributed by atoms with Crippen LogP contribution in [0.15, 0.2) is 59.1 Å². The van der Waals surface area contributed by atoms with Gasteiger partial charge in [0.05, 0.1) is 5.92 Å². The Hall–Kier alpha value is -3.65. The number of carbonyl (C=O) groups excluding carboxylic acids is 3. The summed E-state index contributed by atoms with van der Waals surface area (Å²) in [6, 6.07) is 17.1. The zero-order valence-corrected chi connectivity index (χ0v) is 24.4. The number of halogens is 1. The maximum atomic E-state index is 12.7. The van der Waals surface area contributed by atoms with E-state index in [1.54, 1.807) is 17.0 Å². The molecule has 1 N–H and O–H groups in total. The molecule has 0 bridgehead atoms. The van der Waals surface area contributed by atoms with Crippen molar-refractivity contribution in [3.05, 3.63) is 81.3 Å². The van der Waals surface area contributed by atoms with Crippen LogP contribution in [0.3, 0.4) is 0 Å². The third-order valence-electron chi connectivity index (χ3n) is 6.69. The molecule has 39 heavy (non-hydrogen) atoms. The van der Waals surface area contributed by atoms with Gasteiger partial charge in [0.25, 0.3) is 5.91 Å². The van der Waals surface area contributed by atoms with Crippen molar-refractivity contribution in [1.29, 1.82) is 0 Å². The Morgan fingerprint density at radius 2 is 1.69 bits per heavy atom. The molecule has 0 spiro atoms. The third kappa shape index (κ3) is 6.87. The molecule has 1 fully saturated rings. The predicted octanol–water partition coefficient (Wildman–Crippen LogP) is 6.82. The van der Waals surface area contributed by atoms with Crippen molar-refractivity contribution < 1.29 is 23.9 Å². The van der Waals surface area contributed by atoms with Gasteiger partial charge in [0.1, 0.15) is 11.5 Å². The molecule has 0 radical (unpaired) electrons. The monoisotopic (exact) mass is 592 g/mol. The van der Waals surface area contributed by atoms with Gasteiger partial charge in [-0.05, 0) is 91.4 Å². The van der Waals surface area contributed by atoms with Crippen LogP contribution in [0.5, 0.6) is 11.5 Å². The van der Waals surface area contributed by atoms with Crippen molar-refractivity contribution in [3.8, 4) is 11.5 Å². The van der Waals surface area contributed by atoms with Gasteiger partial charge in [-0.1, -0.05) is 41.9 Å². The first-order valence-corrected chi connectivity index (χ1v) is 13.7. The summed E-state index contributed by atoms with van der Waals surface area (Å²) >= 11 is 3.50. The van der Waals surface area contributed by atoms with E-state index >= 15 is 0 Å². The van der Waals surface area contributed by atoms with E-state index in [1.807, 2.05) is 51.1 Å². The summed E-state index contributed by atoms with van der Waals surface area (Å²) in [5, 5.41) is 2.75. The largest absolute Gasteiger partial charge is 0.457 e. The third-order valence-corrected chi connectivity index (χ3v) is 7.94. The van der Waals surface area contributed by atoms with Crippen LogP contribution < -0.4 is 15.0 Å². The molecule has 8 heteroatoms. The topological polar surface area (TPSA) is 84.9 Å². The van der Waals surface area contributed by atoms with Crippen LogP contribution >= 0.6 is 15.9 Å². The highest BCUT2D eigenvalue weighted by atomic mass is 79.9. The summed E-state index contributed by atoms with van der Waals surface area (Å²) in [5.74, 6) is -0.0153. The highest BCUT2D eigenvalue weighted by Gasteiger charge is 2.36. The van der Waals surface area contributed by atoms with E-state index in [4.69, 9.17) is 9.47 Å². The Balaban J connectivity index is 1.33. The quantitative estimate of drug-likeness (QED) is 0.290. The molecular formula is C31H33BrN2O5. The highest BCUT2D eigenvalue weighted by molar-refractivity contribution is 9.10. The first-order valence-electron chi connectivity index (χ1n) is 12.9. The van der Waals surface area contributed by atoms with E-state index in [-0.39, 0.29) is 18.9 Å². The van der Waals surface area contributed by atoms with Crippen LogP contribution in [0.2, 0.25) is 0 Å². The van der Waals surface area contributed by atoms with Crippen molar-refractivity contribution in [3.63, 3.8) is 0 Å². The minimum atomic E-state index is -0.640.